The lowest BCUT2D eigenvalue weighted by atomic mass is 10.0. The highest BCUT2D eigenvalue weighted by Crippen LogP contribution is 2.34. The van der Waals surface area contributed by atoms with Gasteiger partial charge in [0.25, 0.3) is 5.91 Å². The normalized spacial score (nSPS) is 13.9. The Kier molecular flexibility index (Phi) is 4.77. The summed E-state index contributed by atoms with van der Waals surface area (Å²) in [5, 5.41) is 4.34. The Labute approximate surface area is 165 Å². The van der Waals surface area contributed by atoms with Gasteiger partial charge in [-0.2, -0.15) is 5.10 Å². The van der Waals surface area contributed by atoms with E-state index < -0.39 is 6.36 Å². The summed E-state index contributed by atoms with van der Waals surface area (Å²) in [6.07, 6.45) is -1.99. The van der Waals surface area contributed by atoms with Crippen LogP contribution >= 0.6 is 0 Å². The summed E-state index contributed by atoms with van der Waals surface area (Å²) < 4.78 is 43.2. The summed E-state index contributed by atoms with van der Waals surface area (Å²) >= 11 is 0. The molecule has 0 spiro atoms. The maximum atomic E-state index is 13.2. The maximum absolute atomic E-state index is 13.2. The molecule has 0 saturated carbocycles. The number of alkyl halides is 3. The minimum Gasteiger partial charge on any atom is -0.406 e. The van der Waals surface area contributed by atoms with Crippen LogP contribution in [0.3, 0.4) is 0 Å². The highest BCUT2D eigenvalue weighted by atomic mass is 19.4. The summed E-state index contributed by atoms with van der Waals surface area (Å²) in [6.45, 7) is 2.31. The smallest absolute Gasteiger partial charge is 0.406 e. The van der Waals surface area contributed by atoms with E-state index in [4.69, 9.17) is 0 Å². The van der Waals surface area contributed by atoms with Gasteiger partial charge in [-0.1, -0.05) is 18.2 Å². The molecule has 1 aromatic heterocycles. The molecular weight excluding hydrogens is 383 g/mol. The van der Waals surface area contributed by atoms with E-state index in [1.807, 2.05) is 37.3 Å². The van der Waals surface area contributed by atoms with Gasteiger partial charge in [0.2, 0.25) is 0 Å². The van der Waals surface area contributed by atoms with Crippen LogP contribution in [-0.2, 0) is 6.42 Å². The first-order valence-electron chi connectivity index (χ1n) is 9.14. The largest absolute Gasteiger partial charge is 0.573 e. The molecule has 4 rings (SSSR count). The number of ether oxygens (including phenoxy) is 1. The summed E-state index contributed by atoms with van der Waals surface area (Å²) in [5.41, 5.74) is 3.25. The van der Waals surface area contributed by atoms with Crippen LogP contribution in [0.15, 0.2) is 54.7 Å². The molecule has 2 aromatic carbocycles. The Hall–Kier alpha value is -3.29. The topological polar surface area (TPSA) is 47.4 Å². The molecule has 3 aromatic rings. The van der Waals surface area contributed by atoms with Crippen molar-refractivity contribution < 1.29 is 22.7 Å². The number of anilines is 1. The molecule has 5 nitrogen and oxygen atoms in total. The van der Waals surface area contributed by atoms with E-state index in [9.17, 15) is 18.0 Å². The third-order valence-corrected chi connectivity index (χ3v) is 4.89. The highest BCUT2D eigenvalue weighted by molar-refractivity contribution is 6.07. The van der Waals surface area contributed by atoms with E-state index in [1.54, 1.807) is 9.58 Å². The first-order valence-corrected chi connectivity index (χ1v) is 9.14. The quantitative estimate of drug-likeness (QED) is 0.641. The van der Waals surface area contributed by atoms with Crippen molar-refractivity contribution in [2.24, 2.45) is 0 Å². The van der Waals surface area contributed by atoms with Gasteiger partial charge in [-0.3, -0.25) is 4.79 Å². The van der Waals surface area contributed by atoms with Crippen molar-refractivity contribution in [2.75, 3.05) is 11.4 Å². The van der Waals surface area contributed by atoms with Gasteiger partial charge >= 0.3 is 6.36 Å². The molecule has 2 heterocycles. The van der Waals surface area contributed by atoms with Crippen LogP contribution in [0.25, 0.3) is 5.69 Å². The van der Waals surface area contributed by atoms with E-state index in [2.05, 4.69) is 9.84 Å². The van der Waals surface area contributed by atoms with E-state index in [-0.39, 0.29) is 11.7 Å². The molecule has 0 atom stereocenters. The molecular formula is C21H18F3N3O2. The zero-order valence-electron chi connectivity index (χ0n) is 15.6. The minimum absolute atomic E-state index is 0.227. The number of para-hydroxylation sites is 1. The van der Waals surface area contributed by atoms with E-state index in [0.717, 1.165) is 5.69 Å². The molecule has 0 N–H and O–H groups in total. The fourth-order valence-corrected chi connectivity index (χ4v) is 3.58. The summed E-state index contributed by atoms with van der Waals surface area (Å²) in [6, 6.07) is 13.6. The SMILES string of the molecule is Cc1c(C(=O)N2CCCc3cc(OC(F)(F)F)ccc32)cnn1-c1ccccc1. The zero-order chi connectivity index (χ0) is 20.6. The van der Waals surface area contributed by atoms with Crippen LogP contribution in [-0.4, -0.2) is 28.6 Å². The number of hydrogen-bond acceptors (Lipinski definition) is 3. The first-order chi connectivity index (χ1) is 13.8. The predicted molar refractivity (Wildman–Crippen MR) is 101 cm³/mol. The molecule has 150 valence electrons. The van der Waals surface area contributed by atoms with Gasteiger partial charge in [-0.25, -0.2) is 4.68 Å². The molecule has 1 aliphatic rings. The second-order valence-corrected chi connectivity index (χ2v) is 6.79. The third kappa shape index (κ3) is 3.83. The molecule has 29 heavy (non-hydrogen) atoms. The molecule has 0 bridgehead atoms. The van der Waals surface area contributed by atoms with Crippen LogP contribution in [0.2, 0.25) is 0 Å². The molecule has 0 unspecified atom stereocenters. The van der Waals surface area contributed by atoms with Gasteiger partial charge in [-0.15, -0.1) is 13.2 Å². The van der Waals surface area contributed by atoms with Crippen molar-refractivity contribution >= 4 is 11.6 Å². The van der Waals surface area contributed by atoms with Crippen LogP contribution in [0.4, 0.5) is 18.9 Å². The van der Waals surface area contributed by atoms with Crippen LogP contribution in [0.5, 0.6) is 5.75 Å². The number of halogens is 3. The minimum atomic E-state index is -4.75. The van der Waals surface area contributed by atoms with Gasteiger partial charge in [-0.05, 0) is 55.7 Å². The van der Waals surface area contributed by atoms with Crippen LogP contribution < -0.4 is 9.64 Å². The average Bonchev–Trinajstić information content (AvgIpc) is 3.07. The van der Waals surface area contributed by atoms with Crippen LogP contribution in [0.1, 0.15) is 28.0 Å². The van der Waals surface area contributed by atoms with Crippen molar-refractivity contribution in [3.63, 3.8) is 0 Å². The maximum Gasteiger partial charge on any atom is 0.573 e. The summed E-state index contributed by atoms with van der Waals surface area (Å²) in [5.74, 6) is -0.506. The van der Waals surface area contributed by atoms with Gasteiger partial charge in [0, 0.05) is 12.2 Å². The fourth-order valence-electron chi connectivity index (χ4n) is 3.58. The van der Waals surface area contributed by atoms with E-state index in [0.29, 0.717) is 41.9 Å². The monoisotopic (exact) mass is 401 g/mol. The van der Waals surface area contributed by atoms with Gasteiger partial charge < -0.3 is 9.64 Å². The van der Waals surface area contributed by atoms with E-state index >= 15 is 0 Å². The van der Waals surface area contributed by atoms with Crippen molar-refractivity contribution in [1.82, 2.24) is 9.78 Å². The number of benzene rings is 2. The van der Waals surface area contributed by atoms with Gasteiger partial charge in [0.05, 0.1) is 23.1 Å². The Morgan fingerprint density at radius 3 is 2.62 bits per heavy atom. The lowest BCUT2D eigenvalue weighted by Crippen LogP contribution is -2.35. The molecule has 0 saturated heterocycles. The lowest BCUT2D eigenvalue weighted by molar-refractivity contribution is -0.274. The number of aryl methyl sites for hydroxylation is 1. The molecule has 0 aliphatic carbocycles. The Balaban J connectivity index is 1.64. The first kappa shape index (κ1) is 19.0. The number of fused-ring (bicyclic) bond motifs is 1. The van der Waals surface area contributed by atoms with Gasteiger partial charge in [0.1, 0.15) is 5.75 Å². The van der Waals surface area contributed by atoms with Crippen molar-refractivity contribution in [3.8, 4) is 11.4 Å². The van der Waals surface area contributed by atoms with Crippen molar-refractivity contribution in [1.29, 1.82) is 0 Å². The van der Waals surface area contributed by atoms with Crippen LogP contribution in [0, 0.1) is 6.92 Å². The number of nitrogens with zero attached hydrogens (tertiary/aromatic N) is 3. The number of rotatable bonds is 3. The average molecular weight is 401 g/mol. The third-order valence-electron chi connectivity index (χ3n) is 4.89. The molecule has 0 fully saturated rings. The number of hydrogen-bond donors (Lipinski definition) is 0. The standard InChI is InChI=1S/C21H18F3N3O2/c1-14-18(13-25-27(14)16-7-3-2-4-8-16)20(28)26-11-5-6-15-12-17(9-10-19(15)26)29-21(22,23)24/h2-4,7-10,12-13H,5-6,11H2,1H3. The number of carbonyl (C=O) groups is 1. The predicted octanol–water partition coefficient (Wildman–Crippen LogP) is 4.67. The van der Waals surface area contributed by atoms with E-state index in [1.165, 1.54) is 24.4 Å². The Bertz CT molecular complexity index is 1050. The summed E-state index contributed by atoms with van der Waals surface area (Å²) in [4.78, 5) is 14.8. The second-order valence-electron chi connectivity index (χ2n) is 6.79. The summed E-state index contributed by atoms with van der Waals surface area (Å²) in [7, 11) is 0. The molecule has 8 heteroatoms. The number of aromatic nitrogens is 2. The Morgan fingerprint density at radius 2 is 1.90 bits per heavy atom. The molecule has 0 radical (unpaired) electrons. The van der Waals surface area contributed by atoms with Gasteiger partial charge in [0.15, 0.2) is 0 Å². The number of amides is 1. The highest BCUT2D eigenvalue weighted by Gasteiger charge is 2.32. The fraction of sp³-hybridized carbons (Fsp3) is 0.238. The molecule has 1 aliphatic heterocycles. The second kappa shape index (κ2) is 7.27. The van der Waals surface area contributed by atoms with Crippen molar-refractivity contribution in [2.45, 2.75) is 26.1 Å². The Morgan fingerprint density at radius 1 is 1.14 bits per heavy atom. The van der Waals surface area contributed by atoms with Crippen molar-refractivity contribution in [3.05, 3.63) is 71.5 Å². The number of carbonyl (C=O) groups excluding carboxylic acids is 1. The lowest BCUT2D eigenvalue weighted by Gasteiger charge is -2.30. The zero-order valence-corrected chi connectivity index (χ0v) is 15.6. The molecule has 1 amide bonds.